The van der Waals surface area contributed by atoms with E-state index in [2.05, 4.69) is 22.8 Å². The number of rotatable bonds is 4. The fraction of sp³-hybridized carbons (Fsp3) is 0.300. The topological polar surface area (TPSA) is 81.7 Å². The number of hydrogen-bond acceptors (Lipinski definition) is 5. The lowest BCUT2D eigenvalue weighted by molar-refractivity contribution is -0.141. The average Bonchev–Trinajstić information content (AvgIpc) is 2.98. The number of nitrogens with one attached hydrogen (secondary N) is 2. The van der Waals surface area contributed by atoms with Gasteiger partial charge in [-0.1, -0.05) is 42.5 Å². The number of aliphatic hydroxyl groups is 1. The molecule has 2 amide bonds. The monoisotopic (exact) mass is 351 g/mol. The molecule has 6 heteroatoms. The highest BCUT2D eigenvalue weighted by Crippen LogP contribution is 2.38. The third-order valence-electron chi connectivity index (χ3n) is 5.08. The van der Waals surface area contributed by atoms with Crippen LogP contribution < -0.4 is 10.6 Å². The van der Waals surface area contributed by atoms with Crippen LogP contribution in [0.25, 0.3) is 0 Å². The second-order valence-electron chi connectivity index (χ2n) is 6.73. The van der Waals surface area contributed by atoms with Crippen LogP contribution in [-0.2, 0) is 22.7 Å². The van der Waals surface area contributed by atoms with E-state index in [-0.39, 0.29) is 11.8 Å². The van der Waals surface area contributed by atoms with Gasteiger partial charge in [-0.3, -0.25) is 19.8 Å². The molecule has 6 nitrogen and oxygen atoms in total. The number of carbonyl (C=O) groups excluding carboxylic acids is 2. The van der Waals surface area contributed by atoms with Crippen LogP contribution in [-0.4, -0.2) is 27.9 Å². The largest absolute Gasteiger partial charge is 0.381 e. The van der Waals surface area contributed by atoms with Crippen molar-refractivity contribution in [2.75, 3.05) is 5.32 Å². The molecule has 0 aliphatic carbocycles. The van der Waals surface area contributed by atoms with Gasteiger partial charge in [0.25, 0.3) is 0 Å². The van der Waals surface area contributed by atoms with Crippen molar-refractivity contribution in [2.45, 2.75) is 38.2 Å². The van der Waals surface area contributed by atoms with Crippen molar-refractivity contribution in [3.8, 4) is 0 Å². The van der Waals surface area contributed by atoms with Gasteiger partial charge in [-0.15, -0.1) is 0 Å². The molecule has 0 aromatic heterocycles. The number of imide groups is 1. The van der Waals surface area contributed by atoms with Gasteiger partial charge in [0.2, 0.25) is 11.8 Å². The Morgan fingerprint density at radius 3 is 2.69 bits per heavy atom. The van der Waals surface area contributed by atoms with Crippen molar-refractivity contribution in [3.63, 3.8) is 0 Å². The van der Waals surface area contributed by atoms with Crippen LogP contribution in [0.4, 0.5) is 5.69 Å². The van der Waals surface area contributed by atoms with Crippen molar-refractivity contribution < 1.29 is 14.7 Å². The fourth-order valence-corrected chi connectivity index (χ4v) is 3.71. The molecule has 4 rings (SSSR count). The first kappa shape index (κ1) is 16.8. The van der Waals surface area contributed by atoms with Crippen LogP contribution in [0.3, 0.4) is 0 Å². The number of carbonyl (C=O) groups is 2. The smallest absolute Gasteiger partial charge is 0.244 e. The molecule has 2 aliphatic heterocycles. The summed E-state index contributed by atoms with van der Waals surface area (Å²) in [5.74, 6) is -0.574. The average molecular weight is 351 g/mol. The van der Waals surface area contributed by atoms with E-state index in [1.54, 1.807) is 4.90 Å². The molecule has 2 aliphatic rings. The van der Waals surface area contributed by atoms with E-state index in [1.165, 1.54) is 5.56 Å². The highest BCUT2D eigenvalue weighted by Gasteiger charge is 2.40. The van der Waals surface area contributed by atoms with Crippen LogP contribution >= 0.6 is 0 Å². The van der Waals surface area contributed by atoms with Crippen LogP contribution in [0.15, 0.2) is 48.5 Å². The van der Waals surface area contributed by atoms with Gasteiger partial charge in [0.15, 0.2) is 0 Å². The Bertz CT molecular complexity index is 837. The first-order valence-electron chi connectivity index (χ1n) is 8.80. The molecule has 2 atom stereocenters. The number of amides is 2. The minimum absolute atomic E-state index is 0.248. The maximum Gasteiger partial charge on any atom is 0.244 e. The van der Waals surface area contributed by atoms with Gasteiger partial charge < -0.3 is 10.4 Å². The van der Waals surface area contributed by atoms with Gasteiger partial charge in [-0.25, -0.2) is 0 Å². The van der Waals surface area contributed by atoms with E-state index in [1.807, 2.05) is 36.4 Å². The van der Waals surface area contributed by atoms with Crippen LogP contribution in [0.5, 0.6) is 0 Å². The van der Waals surface area contributed by atoms with Crippen molar-refractivity contribution in [1.29, 1.82) is 0 Å². The fourth-order valence-electron chi connectivity index (χ4n) is 3.71. The molecule has 1 saturated heterocycles. The summed E-state index contributed by atoms with van der Waals surface area (Å²) in [6.45, 7) is 1.16. The first-order chi connectivity index (χ1) is 12.6. The zero-order valence-electron chi connectivity index (χ0n) is 14.3. The normalized spacial score (nSPS) is 22.8. The third-order valence-corrected chi connectivity index (χ3v) is 5.08. The minimum Gasteiger partial charge on any atom is -0.381 e. The maximum absolute atomic E-state index is 12.2. The number of nitrogens with zero attached hydrogens (tertiary/aromatic N) is 1. The molecule has 3 N–H and O–H groups in total. The quantitative estimate of drug-likeness (QED) is 0.733. The van der Waals surface area contributed by atoms with Crippen molar-refractivity contribution >= 4 is 17.5 Å². The summed E-state index contributed by atoms with van der Waals surface area (Å²) in [7, 11) is 0. The van der Waals surface area contributed by atoms with Gasteiger partial charge in [0.05, 0.1) is 6.04 Å². The van der Waals surface area contributed by atoms with Crippen LogP contribution in [0, 0.1) is 0 Å². The number of benzene rings is 2. The van der Waals surface area contributed by atoms with E-state index < -0.39 is 12.3 Å². The van der Waals surface area contributed by atoms with Gasteiger partial charge >= 0.3 is 0 Å². The number of anilines is 1. The summed E-state index contributed by atoms with van der Waals surface area (Å²) in [5, 5.41) is 16.5. The molecule has 2 aromatic rings. The highest BCUT2D eigenvalue weighted by atomic mass is 16.3. The lowest BCUT2D eigenvalue weighted by Crippen LogP contribution is -2.51. The Kier molecular flexibility index (Phi) is 4.44. The van der Waals surface area contributed by atoms with E-state index in [0.29, 0.717) is 25.9 Å². The molecule has 0 bridgehead atoms. The number of piperidine rings is 1. The van der Waals surface area contributed by atoms with E-state index in [0.717, 1.165) is 16.8 Å². The van der Waals surface area contributed by atoms with Crippen LogP contribution in [0.2, 0.25) is 0 Å². The molecular weight excluding hydrogens is 330 g/mol. The Morgan fingerprint density at radius 2 is 1.92 bits per heavy atom. The molecule has 134 valence electrons. The summed E-state index contributed by atoms with van der Waals surface area (Å²) in [5.41, 5.74) is 3.94. The number of hydrogen-bond donors (Lipinski definition) is 3. The third kappa shape index (κ3) is 3.09. The van der Waals surface area contributed by atoms with Crippen molar-refractivity contribution in [3.05, 3.63) is 65.2 Å². The molecule has 0 radical (unpaired) electrons. The number of fused-ring (bicyclic) bond motifs is 1. The van der Waals surface area contributed by atoms with Crippen molar-refractivity contribution in [1.82, 2.24) is 10.2 Å². The van der Waals surface area contributed by atoms with E-state index in [9.17, 15) is 14.7 Å². The van der Waals surface area contributed by atoms with E-state index in [4.69, 9.17) is 0 Å². The predicted octanol–water partition coefficient (Wildman–Crippen LogP) is 1.91. The zero-order valence-corrected chi connectivity index (χ0v) is 14.3. The van der Waals surface area contributed by atoms with Gasteiger partial charge in [-0.2, -0.15) is 0 Å². The molecular formula is C20H21N3O3. The molecule has 0 spiro atoms. The van der Waals surface area contributed by atoms with Gasteiger partial charge in [0, 0.05) is 30.8 Å². The summed E-state index contributed by atoms with van der Waals surface area (Å²) < 4.78 is 0. The second kappa shape index (κ2) is 6.90. The highest BCUT2D eigenvalue weighted by molar-refractivity contribution is 6.00. The predicted molar refractivity (Wildman–Crippen MR) is 96.9 cm³/mol. The first-order valence-corrected chi connectivity index (χ1v) is 8.80. The van der Waals surface area contributed by atoms with Gasteiger partial charge in [-0.05, 0) is 23.6 Å². The van der Waals surface area contributed by atoms with Crippen molar-refractivity contribution in [2.24, 2.45) is 0 Å². The van der Waals surface area contributed by atoms with E-state index >= 15 is 0 Å². The summed E-state index contributed by atoms with van der Waals surface area (Å²) in [6, 6.07) is 15.4. The molecule has 2 aromatic carbocycles. The zero-order chi connectivity index (χ0) is 18.1. The Hall–Kier alpha value is -2.70. The summed E-state index contributed by atoms with van der Waals surface area (Å²) in [6.07, 6.45) is -0.107. The Morgan fingerprint density at radius 1 is 1.12 bits per heavy atom. The Balaban J connectivity index is 1.53. The molecule has 0 saturated carbocycles. The lowest BCUT2D eigenvalue weighted by Gasteiger charge is -2.31. The maximum atomic E-state index is 12.2. The molecule has 2 unspecified atom stereocenters. The lowest BCUT2D eigenvalue weighted by atomic mass is 10.0. The summed E-state index contributed by atoms with van der Waals surface area (Å²) >= 11 is 0. The Labute approximate surface area is 151 Å². The van der Waals surface area contributed by atoms with Gasteiger partial charge in [0.1, 0.15) is 6.23 Å². The molecule has 26 heavy (non-hydrogen) atoms. The second-order valence-corrected chi connectivity index (χ2v) is 6.73. The molecule has 2 heterocycles. The molecule has 1 fully saturated rings. The summed E-state index contributed by atoms with van der Waals surface area (Å²) in [4.78, 5) is 25.3. The minimum atomic E-state index is -0.840. The SMILES string of the molecule is O=C1CCC(N2Cc3c(NCc4ccccc4)cccc3C2O)C(=O)N1. The standard InChI is InChI=1S/C20H21N3O3/c24-18-10-9-17(19(25)22-18)23-12-15-14(20(23)26)7-4-8-16(15)21-11-13-5-2-1-3-6-13/h1-8,17,20-21,26H,9-12H2,(H,22,24,25). The number of aliphatic hydroxyl groups excluding tert-OH is 1. The van der Waals surface area contributed by atoms with Crippen LogP contribution in [0.1, 0.15) is 35.8 Å².